The fourth-order valence-electron chi connectivity index (χ4n) is 3.94. The third-order valence-electron chi connectivity index (χ3n) is 5.25. The first-order chi connectivity index (χ1) is 12.7. The minimum atomic E-state index is 0.0441. The van der Waals surface area contributed by atoms with E-state index in [1.54, 1.807) is 6.08 Å². The molecule has 2 aliphatic rings. The van der Waals surface area contributed by atoms with E-state index in [1.807, 2.05) is 30.3 Å². The lowest BCUT2D eigenvalue weighted by atomic mass is 9.87. The molecule has 132 valence electrons. The van der Waals surface area contributed by atoms with E-state index in [0.717, 1.165) is 30.4 Å². The number of aryl methyl sites for hydroxylation is 1. The van der Waals surface area contributed by atoms with Gasteiger partial charge in [0.05, 0.1) is 0 Å². The summed E-state index contributed by atoms with van der Waals surface area (Å²) in [6.07, 6.45) is 8.43. The van der Waals surface area contributed by atoms with E-state index < -0.39 is 0 Å². The van der Waals surface area contributed by atoms with Gasteiger partial charge in [-0.15, -0.1) is 0 Å². The summed E-state index contributed by atoms with van der Waals surface area (Å²) in [4.78, 5) is 15.1. The smallest absolute Gasteiger partial charge is 0.185 e. The number of nitrogens with zero attached hydrogens (tertiary/aromatic N) is 1. The van der Waals surface area contributed by atoms with Crippen molar-refractivity contribution in [3.05, 3.63) is 87.5 Å². The molecule has 1 heterocycles. The number of ketones is 1. The quantitative estimate of drug-likeness (QED) is 0.482. The largest absolute Gasteiger partial charge is 0.374 e. The summed E-state index contributed by atoms with van der Waals surface area (Å²) < 4.78 is 0.928. The standard InChI is InChI=1S/C23H22BrNO/c24-19-8-5-7-18(16-19)23(26)13-11-21-20-9-2-1-6-17(20)10-12-22(21)25-14-3-4-15-25/h1-2,5-9,11,13,16H,3-4,10,12,14-15H2. The summed E-state index contributed by atoms with van der Waals surface area (Å²) in [5.74, 6) is 0.0441. The molecule has 0 N–H and O–H groups in total. The molecule has 0 atom stereocenters. The Morgan fingerprint density at radius 3 is 2.62 bits per heavy atom. The molecule has 2 nitrogen and oxygen atoms in total. The predicted octanol–water partition coefficient (Wildman–Crippen LogP) is 5.64. The number of rotatable bonds is 4. The Hall–Kier alpha value is -2.13. The number of halogens is 1. The van der Waals surface area contributed by atoms with Crippen molar-refractivity contribution in [2.45, 2.75) is 25.7 Å². The fraction of sp³-hybridized carbons (Fsp3) is 0.261. The molecule has 0 aromatic heterocycles. The Morgan fingerprint density at radius 2 is 1.81 bits per heavy atom. The maximum absolute atomic E-state index is 12.6. The van der Waals surface area contributed by atoms with Gasteiger partial charge in [0.2, 0.25) is 0 Å². The molecule has 2 aromatic carbocycles. The zero-order valence-corrected chi connectivity index (χ0v) is 16.3. The van der Waals surface area contributed by atoms with Crippen molar-refractivity contribution in [2.75, 3.05) is 13.1 Å². The van der Waals surface area contributed by atoms with Crippen molar-refractivity contribution in [1.82, 2.24) is 4.90 Å². The molecule has 1 aliphatic heterocycles. The van der Waals surface area contributed by atoms with E-state index in [0.29, 0.717) is 5.56 Å². The molecular formula is C23H22BrNO. The van der Waals surface area contributed by atoms with Gasteiger partial charge in [0, 0.05) is 34.4 Å². The maximum Gasteiger partial charge on any atom is 0.185 e. The minimum absolute atomic E-state index is 0.0441. The molecule has 0 bridgehead atoms. The zero-order chi connectivity index (χ0) is 17.9. The van der Waals surface area contributed by atoms with Crippen molar-refractivity contribution < 1.29 is 4.79 Å². The molecule has 26 heavy (non-hydrogen) atoms. The van der Waals surface area contributed by atoms with E-state index in [-0.39, 0.29) is 5.78 Å². The van der Waals surface area contributed by atoms with Crippen LogP contribution in [0.2, 0.25) is 0 Å². The number of benzene rings is 2. The first kappa shape index (κ1) is 17.3. The number of likely N-dealkylation sites (tertiary alicyclic amines) is 1. The molecule has 0 saturated carbocycles. The van der Waals surface area contributed by atoms with E-state index in [9.17, 15) is 4.79 Å². The van der Waals surface area contributed by atoms with Crippen molar-refractivity contribution in [2.24, 2.45) is 0 Å². The highest BCUT2D eigenvalue weighted by Gasteiger charge is 2.23. The lowest BCUT2D eigenvalue weighted by molar-refractivity contribution is 0.104. The lowest BCUT2D eigenvalue weighted by Crippen LogP contribution is -2.22. The highest BCUT2D eigenvalue weighted by atomic mass is 79.9. The van der Waals surface area contributed by atoms with Crippen LogP contribution in [-0.4, -0.2) is 23.8 Å². The average Bonchev–Trinajstić information content (AvgIpc) is 3.20. The predicted molar refractivity (Wildman–Crippen MR) is 110 cm³/mol. The molecule has 0 radical (unpaired) electrons. The summed E-state index contributed by atoms with van der Waals surface area (Å²) >= 11 is 3.44. The summed E-state index contributed by atoms with van der Waals surface area (Å²) in [5, 5.41) is 0. The topological polar surface area (TPSA) is 20.3 Å². The first-order valence-corrected chi connectivity index (χ1v) is 10.1. The van der Waals surface area contributed by atoms with Crippen LogP contribution in [0.15, 0.2) is 70.9 Å². The number of carbonyl (C=O) groups is 1. The Balaban J connectivity index is 1.70. The van der Waals surface area contributed by atoms with Gasteiger partial charge in [0.1, 0.15) is 0 Å². The van der Waals surface area contributed by atoms with Gasteiger partial charge in [-0.25, -0.2) is 0 Å². The second-order valence-corrected chi connectivity index (χ2v) is 7.84. The lowest BCUT2D eigenvalue weighted by Gasteiger charge is -2.29. The van der Waals surface area contributed by atoms with E-state index >= 15 is 0 Å². The van der Waals surface area contributed by atoms with Gasteiger partial charge in [0.25, 0.3) is 0 Å². The Bertz CT molecular complexity index is 891. The van der Waals surface area contributed by atoms with E-state index in [1.165, 1.54) is 35.2 Å². The summed E-state index contributed by atoms with van der Waals surface area (Å²) in [6.45, 7) is 2.27. The maximum atomic E-state index is 12.6. The van der Waals surface area contributed by atoms with Crippen LogP contribution in [0.1, 0.15) is 40.7 Å². The number of allylic oxidation sites excluding steroid dienone is 4. The SMILES string of the molecule is O=C(C=CC1=C(N2CCCC2)CCc2ccccc21)c1cccc(Br)c1. The van der Waals surface area contributed by atoms with Crippen molar-refractivity contribution >= 4 is 27.3 Å². The third-order valence-corrected chi connectivity index (χ3v) is 5.74. The van der Waals surface area contributed by atoms with Gasteiger partial charge in [-0.05, 0) is 61.1 Å². The molecule has 4 rings (SSSR count). The average molecular weight is 408 g/mol. The molecule has 1 fully saturated rings. The normalized spacial score (nSPS) is 17.0. The van der Waals surface area contributed by atoms with Crippen LogP contribution in [0.5, 0.6) is 0 Å². The minimum Gasteiger partial charge on any atom is -0.374 e. The summed E-state index contributed by atoms with van der Waals surface area (Å²) in [5.41, 5.74) is 5.99. The van der Waals surface area contributed by atoms with Gasteiger partial charge in [-0.3, -0.25) is 4.79 Å². The van der Waals surface area contributed by atoms with Crippen LogP contribution in [0, 0.1) is 0 Å². The van der Waals surface area contributed by atoms with Gasteiger partial charge in [0.15, 0.2) is 5.78 Å². The van der Waals surface area contributed by atoms with Crippen LogP contribution >= 0.6 is 15.9 Å². The fourth-order valence-corrected chi connectivity index (χ4v) is 4.34. The summed E-state index contributed by atoms with van der Waals surface area (Å²) in [7, 11) is 0. The highest BCUT2D eigenvalue weighted by molar-refractivity contribution is 9.10. The number of hydrogen-bond acceptors (Lipinski definition) is 2. The zero-order valence-electron chi connectivity index (χ0n) is 14.7. The second-order valence-electron chi connectivity index (χ2n) is 6.92. The van der Waals surface area contributed by atoms with Crippen molar-refractivity contribution in [3.63, 3.8) is 0 Å². The summed E-state index contributed by atoms with van der Waals surface area (Å²) in [6, 6.07) is 16.2. The van der Waals surface area contributed by atoms with E-state index in [2.05, 4.69) is 45.1 Å². The van der Waals surface area contributed by atoms with Crippen LogP contribution < -0.4 is 0 Å². The van der Waals surface area contributed by atoms with Crippen LogP contribution in [0.3, 0.4) is 0 Å². The molecule has 0 amide bonds. The Labute approximate surface area is 163 Å². The molecule has 1 aliphatic carbocycles. The highest BCUT2D eigenvalue weighted by Crippen LogP contribution is 2.35. The van der Waals surface area contributed by atoms with E-state index in [4.69, 9.17) is 0 Å². The van der Waals surface area contributed by atoms with Gasteiger partial charge < -0.3 is 4.90 Å². The van der Waals surface area contributed by atoms with Crippen molar-refractivity contribution in [1.29, 1.82) is 0 Å². The monoisotopic (exact) mass is 407 g/mol. The number of fused-ring (bicyclic) bond motifs is 1. The molecular weight excluding hydrogens is 386 g/mol. The Morgan fingerprint density at radius 1 is 1.00 bits per heavy atom. The molecule has 0 spiro atoms. The van der Waals surface area contributed by atoms with Gasteiger partial charge >= 0.3 is 0 Å². The van der Waals surface area contributed by atoms with Crippen molar-refractivity contribution in [3.8, 4) is 0 Å². The van der Waals surface area contributed by atoms with Gasteiger partial charge in [-0.2, -0.15) is 0 Å². The van der Waals surface area contributed by atoms with Crippen LogP contribution in [-0.2, 0) is 6.42 Å². The van der Waals surface area contributed by atoms with Gasteiger partial charge in [-0.1, -0.05) is 52.3 Å². The second kappa shape index (κ2) is 7.63. The molecule has 3 heteroatoms. The van der Waals surface area contributed by atoms with Crippen LogP contribution in [0.25, 0.3) is 5.57 Å². The first-order valence-electron chi connectivity index (χ1n) is 9.27. The molecule has 1 saturated heterocycles. The Kier molecular flexibility index (Phi) is 5.07. The van der Waals surface area contributed by atoms with Crippen LogP contribution in [0.4, 0.5) is 0 Å². The number of carbonyl (C=O) groups excluding carboxylic acids is 1. The number of hydrogen-bond donors (Lipinski definition) is 0. The third kappa shape index (κ3) is 3.54. The molecule has 0 unspecified atom stereocenters. The molecule has 2 aromatic rings.